The Hall–Kier alpha value is -1.51. The molecule has 1 aliphatic rings. The van der Waals surface area contributed by atoms with Crippen molar-refractivity contribution in [2.45, 2.75) is 52.2 Å². The zero-order valence-electron chi connectivity index (χ0n) is 11.5. The molecule has 3 heteroatoms. The van der Waals surface area contributed by atoms with Crippen molar-refractivity contribution in [1.29, 1.82) is 0 Å². The first-order valence-electron chi connectivity index (χ1n) is 6.41. The Morgan fingerprint density at radius 2 is 1.94 bits per heavy atom. The van der Waals surface area contributed by atoms with E-state index in [2.05, 4.69) is 30.4 Å². The van der Waals surface area contributed by atoms with Crippen LogP contribution in [0.5, 0.6) is 0 Å². The molecule has 0 fully saturated rings. The summed E-state index contributed by atoms with van der Waals surface area (Å²) in [5, 5.41) is 2.94. The second-order valence-electron chi connectivity index (χ2n) is 6.02. The molecule has 1 aromatic carbocycles. The quantitative estimate of drug-likeness (QED) is 0.828. The monoisotopic (exact) mass is 247 g/mol. The third kappa shape index (κ3) is 3.25. The standard InChI is InChI=1S/C15H21NO2/c1-10-5-6-11-8-13(9-12(11)7-10)16-14(17)18-15(2,3)4/h5-7,13H,8-9H2,1-4H3,(H,16,17). The minimum absolute atomic E-state index is 0.164. The van der Waals surface area contributed by atoms with Crippen molar-refractivity contribution in [3.05, 3.63) is 34.9 Å². The Balaban J connectivity index is 1.94. The number of rotatable bonds is 1. The number of carbonyl (C=O) groups excluding carboxylic acids is 1. The summed E-state index contributed by atoms with van der Waals surface area (Å²) in [6.07, 6.45) is 1.47. The number of amides is 1. The van der Waals surface area contributed by atoms with Crippen LogP contribution >= 0.6 is 0 Å². The second-order valence-corrected chi connectivity index (χ2v) is 6.02. The van der Waals surface area contributed by atoms with Gasteiger partial charge in [-0.25, -0.2) is 4.79 Å². The lowest BCUT2D eigenvalue weighted by atomic mass is 10.1. The molecule has 0 spiro atoms. The molecule has 1 amide bonds. The maximum absolute atomic E-state index is 11.7. The van der Waals surface area contributed by atoms with Gasteiger partial charge < -0.3 is 10.1 Å². The van der Waals surface area contributed by atoms with E-state index in [1.165, 1.54) is 16.7 Å². The molecule has 0 saturated heterocycles. The maximum atomic E-state index is 11.7. The normalized spacial score (nSPS) is 18.3. The molecule has 1 aliphatic carbocycles. The smallest absolute Gasteiger partial charge is 0.407 e. The third-order valence-corrected chi connectivity index (χ3v) is 3.02. The van der Waals surface area contributed by atoms with Crippen LogP contribution in [0, 0.1) is 6.92 Å². The zero-order valence-corrected chi connectivity index (χ0v) is 11.5. The van der Waals surface area contributed by atoms with E-state index in [-0.39, 0.29) is 12.1 Å². The number of alkyl carbamates (subject to hydrolysis) is 1. The van der Waals surface area contributed by atoms with Gasteiger partial charge in [-0.3, -0.25) is 0 Å². The molecule has 1 aromatic rings. The van der Waals surface area contributed by atoms with Crippen LogP contribution in [0.4, 0.5) is 4.79 Å². The van der Waals surface area contributed by atoms with Gasteiger partial charge in [0.2, 0.25) is 0 Å². The molecule has 0 saturated carbocycles. The van der Waals surface area contributed by atoms with Crippen LogP contribution in [-0.4, -0.2) is 17.7 Å². The number of benzene rings is 1. The largest absolute Gasteiger partial charge is 0.444 e. The van der Waals surface area contributed by atoms with Crippen LogP contribution in [0.15, 0.2) is 18.2 Å². The minimum Gasteiger partial charge on any atom is -0.444 e. The van der Waals surface area contributed by atoms with Crippen LogP contribution < -0.4 is 5.32 Å². The van der Waals surface area contributed by atoms with E-state index in [0.717, 1.165) is 12.8 Å². The summed E-state index contributed by atoms with van der Waals surface area (Å²) < 4.78 is 5.27. The Kier molecular flexibility index (Phi) is 3.33. The molecule has 3 nitrogen and oxygen atoms in total. The van der Waals surface area contributed by atoms with Gasteiger partial charge >= 0.3 is 6.09 Å². The van der Waals surface area contributed by atoms with Crippen LogP contribution in [0.2, 0.25) is 0 Å². The first-order chi connectivity index (χ1) is 8.33. The lowest BCUT2D eigenvalue weighted by Crippen LogP contribution is -2.39. The SMILES string of the molecule is Cc1ccc2c(c1)CC(NC(=O)OC(C)(C)C)C2. The number of fused-ring (bicyclic) bond motifs is 1. The Morgan fingerprint density at radius 1 is 1.28 bits per heavy atom. The van der Waals surface area contributed by atoms with Gasteiger partial charge in [-0.1, -0.05) is 23.8 Å². The number of carbonyl (C=O) groups is 1. The van der Waals surface area contributed by atoms with E-state index in [1.54, 1.807) is 0 Å². The highest BCUT2D eigenvalue weighted by atomic mass is 16.6. The number of aryl methyl sites for hydroxylation is 1. The maximum Gasteiger partial charge on any atom is 0.407 e. The molecule has 2 rings (SSSR count). The van der Waals surface area contributed by atoms with E-state index in [0.29, 0.717) is 0 Å². The first-order valence-corrected chi connectivity index (χ1v) is 6.41. The highest BCUT2D eigenvalue weighted by Gasteiger charge is 2.25. The third-order valence-electron chi connectivity index (χ3n) is 3.02. The second kappa shape index (κ2) is 4.63. The van der Waals surface area contributed by atoms with Crippen molar-refractivity contribution in [3.63, 3.8) is 0 Å². The fraction of sp³-hybridized carbons (Fsp3) is 0.533. The zero-order chi connectivity index (χ0) is 13.3. The highest BCUT2D eigenvalue weighted by molar-refractivity contribution is 5.68. The molecule has 0 heterocycles. The molecule has 18 heavy (non-hydrogen) atoms. The van der Waals surface area contributed by atoms with Crippen molar-refractivity contribution in [1.82, 2.24) is 5.32 Å². The summed E-state index contributed by atoms with van der Waals surface area (Å²) in [7, 11) is 0. The van der Waals surface area contributed by atoms with Crippen molar-refractivity contribution in [3.8, 4) is 0 Å². The van der Waals surface area contributed by atoms with Crippen LogP contribution in [0.3, 0.4) is 0 Å². The minimum atomic E-state index is -0.438. The number of ether oxygens (including phenoxy) is 1. The molecule has 1 atom stereocenters. The molecular formula is C15H21NO2. The number of nitrogens with one attached hydrogen (secondary N) is 1. The van der Waals surface area contributed by atoms with E-state index < -0.39 is 5.60 Å². The van der Waals surface area contributed by atoms with Crippen molar-refractivity contribution in [2.24, 2.45) is 0 Å². The predicted molar refractivity (Wildman–Crippen MR) is 71.7 cm³/mol. The van der Waals surface area contributed by atoms with Crippen LogP contribution in [0.1, 0.15) is 37.5 Å². The Morgan fingerprint density at radius 3 is 2.61 bits per heavy atom. The van der Waals surface area contributed by atoms with Gasteiger partial charge in [0.05, 0.1) is 0 Å². The van der Waals surface area contributed by atoms with Gasteiger partial charge in [-0.2, -0.15) is 0 Å². The predicted octanol–water partition coefficient (Wildman–Crippen LogP) is 2.99. The lowest BCUT2D eigenvalue weighted by Gasteiger charge is -2.21. The summed E-state index contributed by atoms with van der Waals surface area (Å²) in [4.78, 5) is 11.7. The average molecular weight is 247 g/mol. The van der Waals surface area contributed by atoms with E-state index in [1.807, 2.05) is 20.8 Å². The summed E-state index contributed by atoms with van der Waals surface area (Å²) in [6, 6.07) is 6.64. The average Bonchev–Trinajstić information content (AvgIpc) is 2.55. The first kappa shape index (κ1) is 12.9. The number of hydrogen-bond donors (Lipinski definition) is 1. The van der Waals surface area contributed by atoms with Gasteiger partial charge in [-0.15, -0.1) is 0 Å². The van der Waals surface area contributed by atoms with Crippen molar-refractivity contribution >= 4 is 6.09 Å². The van der Waals surface area contributed by atoms with Crippen LogP contribution in [-0.2, 0) is 17.6 Å². The fourth-order valence-corrected chi connectivity index (χ4v) is 2.32. The lowest BCUT2D eigenvalue weighted by molar-refractivity contribution is 0.0506. The molecule has 98 valence electrons. The molecule has 0 aliphatic heterocycles. The molecule has 1 unspecified atom stereocenters. The van der Waals surface area contributed by atoms with E-state index >= 15 is 0 Å². The molecule has 1 N–H and O–H groups in total. The fourth-order valence-electron chi connectivity index (χ4n) is 2.32. The van der Waals surface area contributed by atoms with Gasteiger partial charge in [0.15, 0.2) is 0 Å². The summed E-state index contributed by atoms with van der Waals surface area (Å²) in [5.74, 6) is 0. The molecular weight excluding hydrogens is 226 g/mol. The van der Waals surface area contributed by atoms with Crippen molar-refractivity contribution in [2.75, 3.05) is 0 Å². The van der Waals surface area contributed by atoms with Gasteiger partial charge in [0.25, 0.3) is 0 Å². The van der Waals surface area contributed by atoms with Gasteiger partial charge in [0.1, 0.15) is 5.60 Å². The molecule has 0 bridgehead atoms. The van der Waals surface area contributed by atoms with E-state index in [9.17, 15) is 4.79 Å². The summed E-state index contributed by atoms with van der Waals surface area (Å²) in [5.41, 5.74) is 3.51. The molecule has 0 aromatic heterocycles. The summed E-state index contributed by atoms with van der Waals surface area (Å²) >= 11 is 0. The summed E-state index contributed by atoms with van der Waals surface area (Å²) in [6.45, 7) is 7.72. The van der Waals surface area contributed by atoms with Gasteiger partial charge in [-0.05, 0) is 51.7 Å². The Bertz CT molecular complexity index is 460. The van der Waals surface area contributed by atoms with Gasteiger partial charge in [0, 0.05) is 6.04 Å². The molecule has 0 radical (unpaired) electrons. The number of hydrogen-bond acceptors (Lipinski definition) is 2. The highest BCUT2D eigenvalue weighted by Crippen LogP contribution is 2.23. The van der Waals surface area contributed by atoms with Crippen LogP contribution in [0.25, 0.3) is 0 Å². The van der Waals surface area contributed by atoms with E-state index in [4.69, 9.17) is 4.74 Å². The Labute approximate surface area is 109 Å². The van der Waals surface area contributed by atoms with Crippen molar-refractivity contribution < 1.29 is 9.53 Å². The topological polar surface area (TPSA) is 38.3 Å².